The Morgan fingerprint density at radius 2 is 2.20 bits per heavy atom. The van der Waals surface area contributed by atoms with Crippen molar-refractivity contribution >= 4 is 17.5 Å². The van der Waals surface area contributed by atoms with E-state index < -0.39 is 11.8 Å². The largest absolute Gasteiger partial charge is 0.491 e. The number of carboxylic acid groups (broad SMARTS) is 1. The maximum absolute atomic E-state index is 13.6. The van der Waals surface area contributed by atoms with Crippen LogP contribution < -0.4 is 10.1 Å². The van der Waals surface area contributed by atoms with Crippen molar-refractivity contribution in [2.24, 2.45) is 0 Å². The van der Waals surface area contributed by atoms with Crippen LogP contribution in [0, 0.1) is 5.82 Å². The maximum Gasteiger partial charge on any atom is 0.337 e. The third-order valence-electron chi connectivity index (χ3n) is 2.51. The first-order valence-corrected chi connectivity index (χ1v) is 5.99. The van der Waals surface area contributed by atoms with Crippen molar-refractivity contribution in [3.8, 4) is 5.75 Å². The molecule has 0 aliphatic heterocycles. The van der Waals surface area contributed by atoms with E-state index in [9.17, 15) is 9.18 Å². The predicted octanol–water partition coefficient (Wildman–Crippen LogP) is 3.06. The molecular formula is C14H13FN2O3. The van der Waals surface area contributed by atoms with E-state index in [0.717, 1.165) is 0 Å². The molecule has 0 aliphatic rings. The molecule has 0 atom stereocenters. The molecule has 0 aliphatic carbocycles. The number of anilines is 2. The first-order chi connectivity index (χ1) is 9.60. The summed E-state index contributed by atoms with van der Waals surface area (Å²) in [7, 11) is 0. The van der Waals surface area contributed by atoms with Crippen molar-refractivity contribution in [3.63, 3.8) is 0 Å². The van der Waals surface area contributed by atoms with Crippen molar-refractivity contribution < 1.29 is 19.0 Å². The fourth-order valence-corrected chi connectivity index (χ4v) is 1.59. The van der Waals surface area contributed by atoms with Crippen molar-refractivity contribution in [1.29, 1.82) is 0 Å². The highest BCUT2D eigenvalue weighted by molar-refractivity contribution is 5.87. The first kappa shape index (κ1) is 13.8. The summed E-state index contributed by atoms with van der Waals surface area (Å²) in [5, 5.41) is 11.6. The van der Waals surface area contributed by atoms with Crippen molar-refractivity contribution in [2.45, 2.75) is 6.92 Å². The Morgan fingerprint density at radius 1 is 1.40 bits per heavy atom. The summed E-state index contributed by atoms with van der Waals surface area (Å²) < 4.78 is 18.7. The molecule has 1 heterocycles. The molecule has 0 amide bonds. The molecule has 0 unspecified atom stereocenters. The van der Waals surface area contributed by atoms with Crippen LogP contribution in [0.2, 0.25) is 0 Å². The quantitative estimate of drug-likeness (QED) is 0.878. The molecule has 0 bridgehead atoms. The van der Waals surface area contributed by atoms with Crippen LogP contribution >= 0.6 is 0 Å². The molecular weight excluding hydrogens is 263 g/mol. The van der Waals surface area contributed by atoms with E-state index in [2.05, 4.69) is 10.3 Å². The van der Waals surface area contributed by atoms with Gasteiger partial charge in [0.25, 0.3) is 0 Å². The molecule has 1 aromatic heterocycles. The van der Waals surface area contributed by atoms with Gasteiger partial charge in [0.05, 0.1) is 12.2 Å². The number of carboxylic acids is 1. The summed E-state index contributed by atoms with van der Waals surface area (Å²) in [6.07, 6.45) is 1.23. The first-order valence-electron chi connectivity index (χ1n) is 5.99. The number of nitrogens with zero attached hydrogens (tertiary/aromatic N) is 1. The highest BCUT2D eigenvalue weighted by atomic mass is 19.1. The number of carbonyl (C=O) groups is 1. The smallest absolute Gasteiger partial charge is 0.337 e. The van der Waals surface area contributed by atoms with Crippen LogP contribution in [0.5, 0.6) is 5.75 Å². The lowest BCUT2D eigenvalue weighted by molar-refractivity contribution is 0.0696. The van der Waals surface area contributed by atoms with Gasteiger partial charge in [-0.25, -0.2) is 14.2 Å². The second-order valence-corrected chi connectivity index (χ2v) is 3.94. The Morgan fingerprint density at radius 3 is 2.75 bits per heavy atom. The topological polar surface area (TPSA) is 71.5 Å². The zero-order chi connectivity index (χ0) is 14.5. The third-order valence-corrected chi connectivity index (χ3v) is 2.51. The SMILES string of the molecule is CCOc1ccc(Nc2ccc(C(=O)O)cn2)cc1F. The number of halogens is 1. The summed E-state index contributed by atoms with van der Waals surface area (Å²) in [4.78, 5) is 14.6. The number of hydrogen-bond donors (Lipinski definition) is 2. The summed E-state index contributed by atoms with van der Waals surface area (Å²) in [6, 6.07) is 7.39. The molecule has 20 heavy (non-hydrogen) atoms. The molecule has 6 heteroatoms. The number of aromatic carboxylic acids is 1. The number of pyridine rings is 1. The van der Waals surface area contributed by atoms with Gasteiger partial charge in [-0.1, -0.05) is 0 Å². The number of nitrogens with one attached hydrogen (secondary N) is 1. The number of rotatable bonds is 5. The van der Waals surface area contributed by atoms with Crippen LogP contribution in [0.4, 0.5) is 15.9 Å². The minimum Gasteiger partial charge on any atom is -0.491 e. The Hall–Kier alpha value is -2.63. The summed E-state index contributed by atoms with van der Waals surface area (Å²) >= 11 is 0. The second-order valence-electron chi connectivity index (χ2n) is 3.94. The van der Waals surface area contributed by atoms with Gasteiger partial charge < -0.3 is 15.2 Å². The van der Waals surface area contributed by atoms with E-state index in [0.29, 0.717) is 18.1 Å². The van der Waals surface area contributed by atoms with E-state index in [1.165, 1.54) is 30.5 Å². The lowest BCUT2D eigenvalue weighted by Gasteiger charge is -2.08. The van der Waals surface area contributed by atoms with Gasteiger partial charge in [-0.05, 0) is 31.2 Å². The van der Waals surface area contributed by atoms with Gasteiger partial charge in [0.2, 0.25) is 0 Å². The molecule has 2 N–H and O–H groups in total. The van der Waals surface area contributed by atoms with Gasteiger partial charge in [0, 0.05) is 18.0 Å². The van der Waals surface area contributed by atoms with Crippen molar-refractivity contribution in [2.75, 3.05) is 11.9 Å². The molecule has 1 aromatic carbocycles. The molecule has 5 nitrogen and oxygen atoms in total. The molecule has 0 saturated carbocycles. The monoisotopic (exact) mass is 276 g/mol. The van der Waals surface area contributed by atoms with Crippen molar-refractivity contribution in [3.05, 3.63) is 47.9 Å². The van der Waals surface area contributed by atoms with Gasteiger partial charge in [-0.2, -0.15) is 0 Å². The number of aromatic nitrogens is 1. The Bertz CT molecular complexity index is 614. The van der Waals surface area contributed by atoms with E-state index >= 15 is 0 Å². The van der Waals surface area contributed by atoms with Crippen LogP contribution in [0.3, 0.4) is 0 Å². The normalized spacial score (nSPS) is 10.1. The third kappa shape index (κ3) is 3.23. The molecule has 0 spiro atoms. The summed E-state index contributed by atoms with van der Waals surface area (Å²) in [5.74, 6) is -0.902. The summed E-state index contributed by atoms with van der Waals surface area (Å²) in [5.41, 5.74) is 0.593. The standard InChI is InChI=1S/C14H13FN2O3/c1-2-20-12-5-4-10(7-11(12)15)17-13-6-3-9(8-16-13)14(18)19/h3-8H,2H2,1H3,(H,16,17)(H,18,19). The van der Waals surface area contributed by atoms with Crippen LogP contribution in [-0.4, -0.2) is 22.7 Å². The van der Waals surface area contributed by atoms with Gasteiger partial charge in [-0.3, -0.25) is 0 Å². The van der Waals surface area contributed by atoms with Gasteiger partial charge in [0.15, 0.2) is 11.6 Å². The molecule has 2 rings (SSSR count). The van der Waals surface area contributed by atoms with E-state index in [4.69, 9.17) is 9.84 Å². The van der Waals surface area contributed by atoms with Gasteiger partial charge in [0.1, 0.15) is 5.82 Å². The van der Waals surface area contributed by atoms with Gasteiger partial charge in [-0.15, -0.1) is 0 Å². The van der Waals surface area contributed by atoms with E-state index in [1.807, 2.05) is 0 Å². The molecule has 0 radical (unpaired) electrons. The van der Waals surface area contributed by atoms with Gasteiger partial charge >= 0.3 is 5.97 Å². The van der Waals surface area contributed by atoms with Crippen LogP contribution in [0.25, 0.3) is 0 Å². The minimum atomic E-state index is -1.05. The molecule has 2 aromatic rings. The zero-order valence-corrected chi connectivity index (χ0v) is 10.8. The second kappa shape index (κ2) is 6.01. The highest BCUT2D eigenvalue weighted by Crippen LogP contribution is 2.23. The Labute approximate surface area is 115 Å². The minimum absolute atomic E-state index is 0.0911. The number of hydrogen-bond acceptors (Lipinski definition) is 4. The lowest BCUT2D eigenvalue weighted by atomic mass is 10.2. The average molecular weight is 276 g/mol. The number of ether oxygens (including phenoxy) is 1. The predicted molar refractivity (Wildman–Crippen MR) is 72.0 cm³/mol. The van der Waals surface area contributed by atoms with Crippen LogP contribution in [0.15, 0.2) is 36.5 Å². The molecule has 0 fully saturated rings. The molecule has 104 valence electrons. The van der Waals surface area contributed by atoms with Crippen LogP contribution in [0.1, 0.15) is 17.3 Å². The average Bonchev–Trinajstić information content (AvgIpc) is 2.42. The fourth-order valence-electron chi connectivity index (χ4n) is 1.59. The van der Waals surface area contributed by atoms with Crippen molar-refractivity contribution in [1.82, 2.24) is 4.98 Å². The lowest BCUT2D eigenvalue weighted by Crippen LogP contribution is -2.00. The van der Waals surface area contributed by atoms with Crippen LogP contribution in [-0.2, 0) is 0 Å². The summed E-state index contributed by atoms with van der Waals surface area (Å²) in [6.45, 7) is 2.17. The maximum atomic E-state index is 13.6. The number of benzene rings is 1. The van der Waals surface area contributed by atoms with E-state index in [1.54, 1.807) is 13.0 Å². The van der Waals surface area contributed by atoms with E-state index in [-0.39, 0.29) is 11.3 Å². The molecule has 0 saturated heterocycles. The Kier molecular flexibility index (Phi) is 4.14. The fraction of sp³-hybridized carbons (Fsp3) is 0.143. The Balaban J connectivity index is 2.13. The highest BCUT2D eigenvalue weighted by Gasteiger charge is 2.06. The zero-order valence-electron chi connectivity index (χ0n) is 10.8.